The summed E-state index contributed by atoms with van der Waals surface area (Å²) in [7, 11) is 0. The summed E-state index contributed by atoms with van der Waals surface area (Å²) in [6.07, 6.45) is 1.95. The number of imide groups is 1. The van der Waals surface area contributed by atoms with Crippen LogP contribution in [0.4, 0.5) is 4.79 Å². The number of likely N-dealkylation sites (tertiary alicyclic amines) is 1. The zero-order valence-electron chi connectivity index (χ0n) is 16.5. The van der Waals surface area contributed by atoms with Crippen molar-refractivity contribution in [2.24, 2.45) is 0 Å². The van der Waals surface area contributed by atoms with Gasteiger partial charge in [-0.25, -0.2) is 9.69 Å². The number of carbonyl (C=O) groups is 2. The molecule has 6 heteroatoms. The predicted octanol–water partition coefficient (Wildman–Crippen LogP) is 2.18. The number of hydrogen-bond acceptors (Lipinski definition) is 4. The summed E-state index contributed by atoms with van der Waals surface area (Å²) >= 11 is 0. The van der Waals surface area contributed by atoms with Gasteiger partial charge < -0.3 is 10.4 Å². The zero-order chi connectivity index (χ0) is 20.3. The van der Waals surface area contributed by atoms with Crippen LogP contribution in [0.1, 0.15) is 24.0 Å². The van der Waals surface area contributed by atoms with E-state index in [-0.39, 0.29) is 24.7 Å². The van der Waals surface area contributed by atoms with Crippen LogP contribution >= 0.6 is 0 Å². The molecule has 2 aliphatic heterocycles. The van der Waals surface area contributed by atoms with Gasteiger partial charge >= 0.3 is 6.03 Å². The van der Waals surface area contributed by atoms with Crippen LogP contribution < -0.4 is 5.32 Å². The van der Waals surface area contributed by atoms with Crippen LogP contribution in [0.3, 0.4) is 0 Å². The van der Waals surface area contributed by atoms with Crippen LogP contribution in [0, 0.1) is 0 Å². The largest absolute Gasteiger partial charge is 0.393 e. The third-order valence-corrected chi connectivity index (χ3v) is 5.84. The van der Waals surface area contributed by atoms with E-state index in [0.717, 1.165) is 11.1 Å². The molecule has 6 nitrogen and oxygen atoms in total. The third-order valence-electron chi connectivity index (χ3n) is 5.84. The van der Waals surface area contributed by atoms with Crippen molar-refractivity contribution in [2.75, 3.05) is 19.8 Å². The standard InChI is InChI=1S/C23H27N3O3/c27-20-11-13-25(14-12-20)17-26-21(28)23(24-22(26)29,15-18-7-3-1-4-8-18)16-19-9-5-2-6-10-19/h1-10,20,27H,11-17H2,(H,24,29). The predicted molar refractivity (Wildman–Crippen MR) is 110 cm³/mol. The highest BCUT2D eigenvalue weighted by molar-refractivity contribution is 6.07. The molecule has 4 rings (SSSR count). The highest BCUT2D eigenvalue weighted by atomic mass is 16.3. The maximum atomic E-state index is 13.6. The summed E-state index contributed by atoms with van der Waals surface area (Å²) in [5, 5.41) is 12.7. The Morgan fingerprint density at radius 1 is 0.897 bits per heavy atom. The molecule has 0 bridgehead atoms. The number of nitrogens with zero attached hydrogens (tertiary/aromatic N) is 2. The third kappa shape index (κ3) is 4.33. The van der Waals surface area contributed by atoms with E-state index < -0.39 is 5.54 Å². The van der Waals surface area contributed by atoms with Gasteiger partial charge in [-0.05, 0) is 24.0 Å². The van der Waals surface area contributed by atoms with Crippen molar-refractivity contribution in [2.45, 2.75) is 37.3 Å². The molecule has 152 valence electrons. The number of urea groups is 1. The highest BCUT2D eigenvalue weighted by Gasteiger charge is 2.51. The summed E-state index contributed by atoms with van der Waals surface area (Å²) in [6, 6.07) is 19.3. The molecule has 2 aromatic rings. The van der Waals surface area contributed by atoms with Gasteiger partial charge in [0, 0.05) is 25.9 Å². The molecule has 0 radical (unpaired) electrons. The van der Waals surface area contributed by atoms with Gasteiger partial charge in [0.05, 0.1) is 12.8 Å². The number of benzene rings is 2. The first kappa shape index (κ1) is 19.6. The van der Waals surface area contributed by atoms with E-state index in [9.17, 15) is 14.7 Å². The average Bonchev–Trinajstić information content (AvgIpc) is 2.95. The molecule has 2 aliphatic rings. The molecule has 0 aromatic heterocycles. The Balaban J connectivity index is 1.58. The molecule has 2 N–H and O–H groups in total. The first-order chi connectivity index (χ1) is 14.1. The molecule has 0 unspecified atom stereocenters. The lowest BCUT2D eigenvalue weighted by molar-refractivity contribution is -0.133. The van der Waals surface area contributed by atoms with Crippen molar-refractivity contribution < 1.29 is 14.7 Å². The fourth-order valence-corrected chi connectivity index (χ4v) is 4.26. The molecular weight excluding hydrogens is 366 g/mol. The lowest BCUT2D eigenvalue weighted by atomic mass is 9.84. The normalized spacial score (nSPS) is 20.1. The summed E-state index contributed by atoms with van der Waals surface area (Å²) in [6.45, 7) is 1.63. The van der Waals surface area contributed by atoms with E-state index in [1.807, 2.05) is 60.7 Å². The molecule has 2 aromatic carbocycles. The second-order valence-electron chi connectivity index (χ2n) is 8.06. The molecule has 0 saturated carbocycles. The number of aliphatic hydroxyl groups excluding tert-OH is 1. The molecule has 2 fully saturated rings. The zero-order valence-corrected chi connectivity index (χ0v) is 16.5. The van der Waals surface area contributed by atoms with Crippen LogP contribution in [0.15, 0.2) is 60.7 Å². The van der Waals surface area contributed by atoms with Crippen molar-refractivity contribution in [3.8, 4) is 0 Å². The molecule has 0 atom stereocenters. The Labute approximate surface area is 171 Å². The van der Waals surface area contributed by atoms with E-state index in [4.69, 9.17) is 0 Å². The fourth-order valence-electron chi connectivity index (χ4n) is 4.26. The van der Waals surface area contributed by atoms with Crippen molar-refractivity contribution in [1.82, 2.24) is 15.1 Å². The van der Waals surface area contributed by atoms with Crippen LogP contribution in [0.25, 0.3) is 0 Å². The van der Waals surface area contributed by atoms with Gasteiger partial charge in [0.25, 0.3) is 5.91 Å². The number of nitrogens with one attached hydrogen (secondary N) is 1. The van der Waals surface area contributed by atoms with Crippen molar-refractivity contribution >= 4 is 11.9 Å². The number of amides is 3. The minimum atomic E-state index is -0.991. The SMILES string of the molecule is O=C1NC(Cc2ccccc2)(Cc2ccccc2)C(=O)N1CN1CCC(O)CC1. The second-order valence-corrected chi connectivity index (χ2v) is 8.06. The van der Waals surface area contributed by atoms with E-state index in [0.29, 0.717) is 38.8 Å². The first-order valence-corrected chi connectivity index (χ1v) is 10.2. The van der Waals surface area contributed by atoms with E-state index in [1.54, 1.807) is 0 Å². The maximum absolute atomic E-state index is 13.6. The summed E-state index contributed by atoms with van der Waals surface area (Å²) < 4.78 is 0. The first-order valence-electron chi connectivity index (χ1n) is 10.2. The van der Waals surface area contributed by atoms with Crippen LogP contribution in [0.2, 0.25) is 0 Å². The average molecular weight is 393 g/mol. The Morgan fingerprint density at radius 3 is 1.93 bits per heavy atom. The van der Waals surface area contributed by atoms with Gasteiger partial charge in [0.2, 0.25) is 0 Å². The molecule has 3 amide bonds. The number of carbonyl (C=O) groups excluding carboxylic acids is 2. The molecule has 2 heterocycles. The van der Waals surface area contributed by atoms with Crippen molar-refractivity contribution in [3.63, 3.8) is 0 Å². The maximum Gasteiger partial charge on any atom is 0.326 e. The van der Waals surface area contributed by atoms with E-state index >= 15 is 0 Å². The van der Waals surface area contributed by atoms with Crippen LogP contribution in [-0.2, 0) is 17.6 Å². The molecular formula is C23H27N3O3. The minimum Gasteiger partial charge on any atom is -0.393 e. The van der Waals surface area contributed by atoms with Crippen molar-refractivity contribution in [1.29, 1.82) is 0 Å². The number of aliphatic hydroxyl groups is 1. The van der Waals surface area contributed by atoms with Crippen LogP contribution in [0.5, 0.6) is 0 Å². The monoisotopic (exact) mass is 393 g/mol. The minimum absolute atomic E-state index is 0.179. The lowest BCUT2D eigenvalue weighted by Crippen LogP contribution is -2.52. The fraction of sp³-hybridized carbons (Fsp3) is 0.391. The summed E-state index contributed by atoms with van der Waals surface area (Å²) in [5.74, 6) is -0.179. The topological polar surface area (TPSA) is 72.9 Å². The second kappa shape index (κ2) is 8.35. The van der Waals surface area contributed by atoms with Gasteiger partial charge in [-0.15, -0.1) is 0 Å². The highest BCUT2D eigenvalue weighted by Crippen LogP contribution is 2.28. The Bertz CT molecular complexity index is 807. The summed E-state index contributed by atoms with van der Waals surface area (Å²) in [5.41, 5.74) is 1.04. The molecule has 29 heavy (non-hydrogen) atoms. The lowest BCUT2D eigenvalue weighted by Gasteiger charge is -2.32. The van der Waals surface area contributed by atoms with Gasteiger partial charge in [0.15, 0.2) is 0 Å². The Hall–Kier alpha value is -2.70. The Kier molecular flexibility index (Phi) is 5.65. The number of piperidine rings is 1. The molecule has 0 aliphatic carbocycles. The molecule has 2 saturated heterocycles. The van der Waals surface area contributed by atoms with Gasteiger partial charge in [0.1, 0.15) is 5.54 Å². The van der Waals surface area contributed by atoms with E-state index in [2.05, 4.69) is 10.2 Å². The van der Waals surface area contributed by atoms with Gasteiger partial charge in [-0.2, -0.15) is 0 Å². The van der Waals surface area contributed by atoms with Gasteiger partial charge in [-0.1, -0.05) is 60.7 Å². The molecule has 0 spiro atoms. The van der Waals surface area contributed by atoms with Crippen molar-refractivity contribution in [3.05, 3.63) is 71.8 Å². The van der Waals surface area contributed by atoms with Crippen LogP contribution in [-0.4, -0.2) is 58.2 Å². The number of rotatable bonds is 6. The van der Waals surface area contributed by atoms with E-state index in [1.165, 1.54) is 4.90 Å². The smallest absolute Gasteiger partial charge is 0.326 e. The van der Waals surface area contributed by atoms with Gasteiger partial charge in [-0.3, -0.25) is 9.69 Å². The Morgan fingerprint density at radius 2 is 1.41 bits per heavy atom. The summed E-state index contributed by atoms with van der Waals surface area (Å²) in [4.78, 5) is 29.8. The number of hydrogen-bond donors (Lipinski definition) is 2. The quantitative estimate of drug-likeness (QED) is 0.738.